The number of nitrogens with one attached hydrogen (secondary N) is 1. The molecule has 0 aromatic heterocycles. The van der Waals surface area contributed by atoms with E-state index in [2.05, 4.69) is 5.32 Å². The Morgan fingerprint density at radius 2 is 1.83 bits per heavy atom. The van der Waals surface area contributed by atoms with Crippen molar-refractivity contribution in [1.82, 2.24) is 5.32 Å². The Kier molecular flexibility index (Phi) is 4.54. The standard InChI is InChI=1S/C17H20FNO4/c1-16(2,3)23-14(21)11-6-8-12(9-7-11)17(18)10-4-5-13(20)19-15(17)22/h6-9H,4-5,10H2,1-3H3,(H,19,20,22). The first-order chi connectivity index (χ1) is 10.6. The minimum Gasteiger partial charge on any atom is -0.456 e. The predicted molar refractivity (Wildman–Crippen MR) is 81.4 cm³/mol. The molecule has 2 rings (SSSR count). The van der Waals surface area contributed by atoms with Crippen LogP contribution in [0.4, 0.5) is 4.39 Å². The largest absolute Gasteiger partial charge is 0.456 e. The number of amides is 2. The minimum atomic E-state index is -2.27. The number of hydrogen-bond donors (Lipinski definition) is 1. The minimum absolute atomic E-state index is 0.0731. The molecule has 1 aromatic carbocycles. The first kappa shape index (κ1) is 17.1. The van der Waals surface area contributed by atoms with Gasteiger partial charge in [-0.1, -0.05) is 12.1 Å². The van der Waals surface area contributed by atoms with Crippen LogP contribution in [-0.4, -0.2) is 23.4 Å². The lowest BCUT2D eigenvalue weighted by Crippen LogP contribution is -2.41. The summed E-state index contributed by atoms with van der Waals surface area (Å²) in [5.41, 5.74) is -2.49. The van der Waals surface area contributed by atoms with Gasteiger partial charge >= 0.3 is 5.97 Å². The molecule has 1 atom stereocenters. The third kappa shape index (κ3) is 3.94. The van der Waals surface area contributed by atoms with E-state index >= 15 is 4.39 Å². The maximum Gasteiger partial charge on any atom is 0.338 e. The Labute approximate surface area is 134 Å². The summed E-state index contributed by atoms with van der Waals surface area (Å²) >= 11 is 0. The smallest absolute Gasteiger partial charge is 0.338 e. The molecule has 1 N–H and O–H groups in total. The molecule has 2 amide bonds. The van der Waals surface area contributed by atoms with Crippen LogP contribution in [0.1, 0.15) is 56.0 Å². The molecule has 1 fully saturated rings. The Morgan fingerprint density at radius 3 is 2.39 bits per heavy atom. The van der Waals surface area contributed by atoms with Gasteiger partial charge in [-0.05, 0) is 51.3 Å². The van der Waals surface area contributed by atoms with Crippen molar-refractivity contribution in [1.29, 1.82) is 0 Å². The number of rotatable bonds is 2. The van der Waals surface area contributed by atoms with Crippen LogP contribution in [0.5, 0.6) is 0 Å². The van der Waals surface area contributed by atoms with Gasteiger partial charge in [0.25, 0.3) is 5.91 Å². The molecule has 0 saturated carbocycles. The van der Waals surface area contributed by atoms with Crippen molar-refractivity contribution >= 4 is 17.8 Å². The summed E-state index contributed by atoms with van der Waals surface area (Å²) in [6.07, 6.45) is 0.325. The van der Waals surface area contributed by atoms with E-state index in [0.29, 0.717) is 0 Å². The van der Waals surface area contributed by atoms with E-state index in [1.807, 2.05) is 0 Å². The summed E-state index contributed by atoms with van der Waals surface area (Å²) in [6.45, 7) is 5.26. The SMILES string of the molecule is CC(C)(C)OC(=O)c1ccc(C2(F)CCCC(=O)NC2=O)cc1. The van der Waals surface area contributed by atoms with Gasteiger partial charge in [-0.15, -0.1) is 0 Å². The van der Waals surface area contributed by atoms with Gasteiger partial charge in [-0.3, -0.25) is 14.9 Å². The second-order valence-corrected chi connectivity index (χ2v) is 6.61. The highest BCUT2D eigenvalue weighted by atomic mass is 19.1. The fourth-order valence-electron chi connectivity index (χ4n) is 2.38. The zero-order valence-corrected chi connectivity index (χ0v) is 13.4. The summed E-state index contributed by atoms with van der Waals surface area (Å²) in [7, 11) is 0. The highest BCUT2D eigenvalue weighted by molar-refractivity contribution is 6.00. The highest BCUT2D eigenvalue weighted by Crippen LogP contribution is 2.34. The van der Waals surface area contributed by atoms with Crippen LogP contribution in [0.3, 0.4) is 0 Å². The molecular weight excluding hydrogens is 301 g/mol. The Hall–Kier alpha value is -2.24. The van der Waals surface area contributed by atoms with Crippen LogP contribution in [0.15, 0.2) is 24.3 Å². The molecule has 124 valence electrons. The maximum absolute atomic E-state index is 15.1. The van der Waals surface area contributed by atoms with E-state index in [1.54, 1.807) is 20.8 Å². The molecule has 5 nitrogen and oxygen atoms in total. The average Bonchev–Trinajstić information content (AvgIpc) is 2.57. The second kappa shape index (κ2) is 6.10. The Balaban J connectivity index is 2.23. The fourth-order valence-corrected chi connectivity index (χ4v) is 2.38. The van der Waals surface area contributed by atoms with Gasteiger partial charge in [-0.2, -0.15) is 0 Å². The van der Waals surface area contributed by atoms with E-state index in [4.69, 9.17) is 4.74 Å². The number of benzene rings is 1. The quantitative estimate of drug-likeness (QED) is 0.671. The molecule has 1 aliphatic heterocycles. The molecule has 1 unspecified atom stereocenters. The fraction of sp³-hybridized carbons (Fsp3) is 0.471. The number of imide groups is 1. The third-order valence-electron chi connectivity index (χ3n) is 3.52. The summed E-state index contributed by atoms with van der Waals surface area (Å²) in [5.74, 6) is -1.94. The number of halogens is 1. The summed E-state index contributed by atoms with van der Waals surface area (Å²) in [5, 5.41) is 2.05. The Morgan fingerprint density at radius 1 is 1.22 bits per heavy atom. The summed E-state index contributed by atoms with van der Waals surface area (Å²) < 4.78 is 20.3. The third-order valence-corrected chi connectivity index (χ3v) is 3.52. The maximum atomic E-state index is 15.1. The molecule has 0 aliphatic carbocycles. The van der Waals surface area contributed by atoms with Crippen LogP contribution in [-0.2, 0) is 20.0 Å². The van der Waals surface area contributed by atoms with Crippen molar-refractivity contribution in [3.05, 3.63) is 35.4 Å². The van der Waals surface area contributed by atoms with Crippen LogP contribution >= 0.6 is 0 Å². The van der Waals surface area contributed by atoms with E-state index in [-0.39, 0.29) is 30.4 Å². The van der Waals surface area contributed by atoms with Crippen LogP contribution in [0.25, 0.3) is 0 Å². The van der Waals surface area contributed by atoms with E-state index < -0.39 is 29.1 Å². The summed E-state index contributed by atoms with van der Waals surface area (Å²) in [6, 6.07) is 5.61. The molecular formula is C17H20FNO4. The zero-order valence-electron chi connectivity index (χ0n) is 13.4. The second-order valence-electron chi connectivity index (χ2n) is 6.61. The van der Waals surface area contributed by atoms with Gasteiger partial charge < -0.3 is 4.74 Å². The number of carbonyl (C=O) groups excluding carboxylic acids is 3. The molecule has 1 aromatic rings. The number of carbonyl (C=O) groups is 3. The number of ether oxygens (including phenoxy) is 1. The number of esters is 1. The zero-order chi connectivity index (χ0) is 17.3. The molecule has 23 heavy (non-hydrogen) atoms. The molecule has 0 spiro atoms. The first-order valence-electron chi connectivity index (χ1n) is 7.49. The van der Waals surface area contributed by atoms with Gasteiger partial charge in [0, 0.05) is 6.42 Å². The lowest BCUT2D eigenvalue weighted by Gasteiger charge is -2.22. The monoisotopic (exact) mass is 321 g/mol. The molecule has 1 saturated heterocycles. The van der Waals surface area contributed by atoms with Crippen molar-refractivity contribution in [3.63, 3.8) is 0 Å². The average molecular weight is 321 g/mol. The Bertz CT molecular complexity index is 633. The molecule has 6 heteroatoms. The lowest BCUT2D eigenvalue weighted by atomic mass is 9.90. The van der Waals surface area contributed by atoms with Crippen molar-refractivity contribution in [2.75, 3.05) is 0 Å². The molecule has 1 aliphatic rings. The highest BCUT2D eigenvalue weighted by Gasteiger charge is 2.42. The molecule has 0 bridgehead atoms. The van der Waals surface area contributed by atoms with Gasteiger partial charge in [0.1, 0.15) is 5.60 Å². The van der Waals surface area contributed by atoms with E-state index in [9.17, 15) is 14.4 Å². The predicted octanol–water partition coefficient (Wildman–Crippen LogP) is 2.63. The van der Waals surface area contributed by atoms with Gasteiger partial charge in [0.05, 0.1) is 5.56 Å². The van der Waals surface area contributed by atoms with Gasteiger partial charge in [0.15, 0.2) is 0 Å². The van der Waals surface area contributed by atoms with Gasteiger partial charge in [-0.25, -0.2) is 9.18 Å². The number of hydrogen-bond acceptors (Lipinski definition) is 4. The molecule has 0 radical (unpaired) electrons. The van der Waals surface area contributed by atoms with Crippen LogP contribution < -0.4 is 5.32 Å². The van der Waals surface area contributed by atoms with Crippen molar-refractivity contribution in [3.8, 4) is 0 Å². The topological polar surface area (TPSA) is 72.5 Å². The first-order valence-corrected chi connectivity index (χ1v) is 7.49. The van der Waals surface area contributed by atoms with Crippen molar-refractivity contribution < 1.29 is 23.5 Å². The lowest BCUT2D eigenvalue weighted by molar-refractivity contribution is -0.137. The van der Waals surface area contributed by atoms with Crippen LogP contribution in [0, 0.1) is 0 Å². The van der Waals surface area contributed by atoms with Gasteiger partial charge in [0.2, 0.25) is 11.6 Å². The van der Waals surface area contributed by atoms with Crippen molar-refractivity contribution in [2.45, 2.75) is 51.3 Å². The summed E-state index contributed by atoms with van der Waals surface area (Å²) in [4.78, 5) is 35.2. The number of alkyl halides is 1. The van der Waals surface area contributed by atoms with E-state index in [0.717, 1.165) is 0 Å². The van der Waals surface area contributed by atoms with Crippen LogP contribution in [0.2, 0.25) is 0 Å². The van der Waals surface area contributed by atoms with Crippen molar-refractivity contribution in [2.24, 2.45) is 0 Å². The normalized spacial score (nSPS) is 22.3. The van der Waals surface area contributed by atoms with E-state index in [1.165, 1.54) is 24.3 Å². The molecule has 1 heterocycles.